The number of amides is 1. The maximum atomic E-state index is 11.6. The fourth-order valence-corrected chi connectivity index (χ4v) is 2.72. The summed E-state index contributed by atoms with van der Waals surface area (Å²) in [6.45, 7) is 5.24. The number of carbonyl (C=O) groups excluding carboxylic acids is 1. The maximum absolute atomic E-state index is 11.6. The molecule has 0 aliphatic rings. The lowest BCUT2D eigenvalue weighted by molar-refractivity contribution is -0.122. The summed E-state index contributed by atoms with van der Waals surface area (Å²) in [7, 11) is 1.98. The highest BCUT2D eigenvalue weighted by molar-refractivity contribution is 5.75. The molecule has 2 aromatic rings. The molecule has 8 heteroatoms. The molecule has 0 fully saturated rings. The standard InChI is InChI=1S/C16H26N6O2/c1-4-14-13(15(5-2)21(3)20-14)9-18-12-8-19-22(10-12)11-16(24)17-6-7-23/h8,10,18,23H,4-7,9,11H2,1-3H3,(H,17,24). The Labute approximate surface area is 141 Å². The molecule has 0 aliphatic heterocycles. The third-order valence-electron chi connectivity index (χ3n) is 3.87. The van der Waals surface area contributed by atoms with Gasteiger partial charge in [0, 0.05) is 37.6 Å². The molecule has 2 rings (SSSR count). The molecule has 0 bridgehead atoms. The van der Waals surface area contributed by atoms with Crippen LogP contribution in [0.5, 0.6) is 0 Å². The number of aryl methyl sites for hydroxylation is 2. The van der Waals surface area contributed by atoms with Gasteiger partial charge in [-0.25, -0.2) is 0 Å². The summed E-state index contributed by atoms with van der Waals surface area (Å²) in [4.78, 5) is 11.6. The lowest BCUT2D eigenvalue weighted by atomic mass is 10.1. The number of nitrogens with one attached hydrogen (secondary N) is 2. The third-order valence-corrected chi connectivity index (χ3v) is 3.87. The Balaban J connectivity index is 1.97. The number of aliphatic hydroxyl groups is 1. The Morgan fingerprint density at radius 1 is 1.33 bits per heavy atom. The second-order valence-corrected chi connectivity index (χ2v) is 5.56. The molecule has 0 aliphatic carbocycles. The van der Waals surface area contributed by atoms with Crippen molar-refractivity contribution in [2.75, 3.05) is 18.5 Å². The van der Waals surface area contributed by atoms with E-state index in [0.717, 1.165) is 24.2 Å². The molecule has 0 aromatic carbocycles. The molecule has 1 amide bonds. The highest BCUT2D eigenvalue weighted by Crippen LogP contribution is 2.17. The van der Waals surface area contributed by atoms with E-state index in [1.807, 2.05) is 11.7 Å². The summed E-state index contributed by atoms with van der Waals surface area (Å²) in [5.41, 5.74) is 4.43. The summed E-state index contributed by atoms with van der Waals surface area (Å²) in [5.74, 6) is -0.174. The quantitative estimate of drug-likeness (QED) is 0.619. The normalized spacial score (nSPS) is 10.8. The molecule has 8 nitrogen and oxygen atoms in total. The van der Waals surface area contributed by atoms with Crippen LogP contribution in [0.2, 0.25) is 0 Å². The smallest absolute Gasteiger partial charge is 0.241 e. The minimum Gasteiger partial charge on any atom is -0.395 e. The van der Waals surface area contributed by atoms with E-state index in [-0.39, 0.29) is 25.6 Å². The fraction of sp³-hybridized carbons (Fsp3) is 0.562. The third kappa shape index (κ3) is 4.35. The summed E-state index contributed by atoms with van der Waals surface area (Å²) < 4.78 is 3.52. The van der Waals surface area contributed by atoms with Crippen LogP contribution in [0, 0.1) is 0 Å². The van der Waals surface area contributed by atoms with Crippen LogP contribution in [0.15, 0.2) is 12.4 Å². The lowest BCUT2D eigenvalue weighted by Crippen LogP contribution is -2.30. The van der Waals surface area contributed by atoms with Crippen molar-refractivity contribution in [1.29, 1.82) is 0 Å². The van der Waals surface area contributed by atoms with E-state index in [0.29, 0.717) is 6.54 Å². The van der Waals surface area contributed by atoms with Crippen molar-refractivity contribution in [3.8, 4) is 0 Å². The van der Waals surface area contributed by atoms with Crippen molar-refractivity contribution >= 4 is 11.6 Å². The first kappa shape index (κ1) is 18.0. The molecular weight excluding hydrogens is 308 g/mol. The van der Waals surface area contributed by atoms with Crippen LogP contribution in [0.4, 0.5) is 5.69 Å². The highest BCUT2D eigenvalue weighted by atomic mass is 16.3. The average Bonchev–Trinajstić information content (AvgIpc) is 3.14. The zero-order chi connectivity index (χ0) is 17.5. The number of aliphatic hydroxyl groups excluding tert-OH is 1. The SMILES string of the molecule is CCc1nn(C)c(CC)c1CNc1cnn(CC(=O)NCCO)c1. The molecule has 0 radical (unpaired) electrons. The molecule has 132 valence electrons. The van der Waals surface area contributed by atoms with E-state index < -0.39 is 0 Å². The first-order chi connectivity index (χ1) is 11.6. The van der Waals surface area contributed by atoms with Crippen molar-refractivity contribution in [2.24, 2.45) is 7.05 Å². The zero-order valence-corrected chi connectivity index (χ0v) is 14.5. The van der Waals surface area contributed by atoms with Gasteiger partial charge in [-0.1, -0.05) is 13.8 Å². The zero-order valence-electron chi connectivity index (χ0n) is 14.5. The first-order valence-corrected chi connectivity index (χ1v) is 8.26. The van der Waals surface area contributed by atoms with Crippen LogP contribution in [-0.2, 0) is 37.8 Å². The van der Waals surface area contributed by atoms with E-state index in [1.54, 1.807) is 17.1 Å². The highest BCUT2D eigenvalue weighted by Gasteiger charge is 2.13. The first-order valence-electron chi connectivity index (χ1n) is 8.26. The fourth-order valence-electron chi connectivity index (χ4n) is 2.72. The van der Waals surface area contributed by atoms with Crippen molar-refractivity contribution < 1.29 is 9.90 Å². The molecule has 0 unspecified atom stereocenters. The van der Waals surface area contributed by atoms with E-state index >= 15 is 0 Å². The van der Waals surface area contributed by atoms with Gasteiger partial charge >= 0.3 is 0 Å². The van der Waals surface area contributed by atoms with Crippen LogP contribution in [0.3, 0.4) is 0 Å². The molecule has 0 spiro atoms. The Morgan fingerprint density at radius 2 is 2.12 bits per heavy atom. The maximum Gasteiger partial charge on any atom is 0.241 e. The van der Waals surface area contributed by atoms with Gasteiger partial charge in [0.05, 0.1) is 24.2 Å². The van der Waals surface area contributed by atoms with E-state index in [1.165, 1.54) is 11.3 Å². The summed E-state index contributed by atoms with van der Waals surface area (Å²) in [6, 6.07) is 0. The number of hydrogen-bond acceptors (Lipinski definition) is 5. The molecule has 2 heterocycles. The van der Waals surface area contributed by atoms with Crippen molar-refractivity contribution in [1.82, 2.24) is 24.9 Å². The number of anilines is 1. The minimum absolute atomic E-state index is 0.0672. The second kappa shape index (κ2) is 8.49. The van der Waals surface area contributed by atoms with E-state index in [4.69, 9.17) is 5.11 Å². The Kier molecular flexibility index (Phi) is 6.36. The molecule has 0 saturated carbocycles. The van der Waals surface area contributed by atoms with Gasteiger partial charge in [0.2, 0.25) is 5.91 Å². The number of aromatic nitrogens is 4. The van der Waals surface area contributed by atoms with Crippen molar-refractivity contribution in [3.05, 3.63) is 29.3 Å². The number of hydrogen-bond donors (Lipinski definition) is 3. The van der Waals surface area contributed by atoms with Gasteiger partial charge in [-0.15, -0.1) is 0 Å². The van der Waals surface area contributed by atoms with Crippen LogP contribution >= 0.6 is 0 Å². The average molecular weight is 334 g/mol. The predicted molar refractivity (Wildman–Crippen MR) is 91.6 cm³/mol. The number of rotatable bonds is 9. The second-order valence-electron chi connectivity index (χ2n) is 5.56. The summed E-state index contributed by atoms with van der Waals surface area (Å²) in [6.07, 6.45) is 5.33. The van der Waals surface area contributed by atoms with Gasteiger partial charge < -0.3 is 15.7 Å². The predicted octanol–water partition coefficient (Wildman–Crippen LogP) is 0.462. The molecular formula is C16H26N6O2. The minimum atomic E-state index is -0.174. The summed E-state index contributed by atoms with van der Waals surface area (Å²) >= 11 is 0. The van der Waals surface area contributed by atoms with E-state index in [2.05, 4.69) is 34.7 Å². The largest absolute Gasteiger partial charge is 0.395 e. The van der Waals surface area contributed by atoms with E-state index in [9.17, 15) is 4.79 Å². The Bertz CT molecular complexity index is 676. The molecule has 3 N–H and O–H groups in total. The topological polar surface area (TPSA) is 97.0 Å². The monoisotopic (exact) mass is 334 g/mol. The van der Waals surface area contributed by atoms with Gasteiger partial charge in [0.1, 0.15) is 6.54 Å². The molecule has 0 atom stereocenters. The Hall–Kier alpha value is -2.35. The lowest BCUT2D eigenvalue weighted by Gasteiger charge is -2.07. The van der Waals surface area contributed by atoms with Crippen molar-refractivity contribution in [2.45, 2.75) is 39.8 Å². The molecule has 0 saturated heterocycles. The van der Waals surface area contributed by atoms with Gasteiger partial charge in [0.15, 0.2) is 0 Å². The van der Waals surface area contributed by atoms with Crippen LogP contribution in [0.1, 0.15) is 30.8 Å². The Morgan fingerprint density at radius 3 is 2.79 bits per heavy atom. The molecule has 24 heavy (non-hydrogen) atoms. The molecule has 2 aromatic heterocycles. The van der Waals surface area contributed by atoms with Crippen LogP contribution < -0.4 is 10.6 Å². The van der Waals surface area contributed by atoms with Gasteiger partial charge in [-0.05, 0) is 12.8 Å². The van der Waals surface area contributed by atoms with Crippen LogP contribution in [-0.4, -0.2) is 43.7 Å². The number of nitrogens with zero attached hydrogens (tertiary/aromatic N) is 4. The van der Waals surface area contributed by atoms with Gasteiger partial charge in [-0.3, -0.25) is 14.2 Å². The number of carbonyl (C=O) groups is 1. The van der Waals surface area contributed by atoms with Crippen molar-refractivity contribution in [3.63, 3.8) is 0 Å². The van der Waals surface area contributed by atoms with Gasteiger partial charge in [-0.2, -0.15) is 10.2 Å². The van der Waals surface area contributed by atoms with Crippen LogP contribution in [0.25, 0.3) is 0 Å². The van der Waals surface area contributed by atoms with Gasteiger partial charge in [0.25, 0.3) is 0 Å². The summed E-state index contributed by atoms with van der Waals surface area (Å²) in [5, 5.41) is 23.4.